The fraction of sp³-hybridized carbons (Fsp3) is 0.333. The summed E-state index contributed by atoms with van der Waals surface area (Å²) in [6.45, 7) is 6.38. The molecule has 128 valence electrons. The molecule has 4 rings (SSSR count). The normalized spacial score (nSPS) is 14.9. The van der Waals surface area contributed by atoms with E-state index in [-0.39, 0.29) is 0 Å². The van der Waals surface area contributed by atoms with E-state index in [1.165, 1.54) is 69.8 Å². The standard InChI is InChI=1S/C9H11.C8H8.C7H9.Zr/c1-2-5-9-7-3-6-8(9)4-1;1-2-8-6-4-3-5-7-8;1-6-4-3-5-7(6)2;/h3,6-7H,1-2,4-5H2;3-7H,1H3;4H,3H2,1-2H3;/q-1;;-1;+2. The molecule has 0 atom stereocenters. The maximum absolute atomic E-state index is 3.19. The largest absolute Gasteiger partial charge is 0.210 e. The van der Waals surface area contributed by atoms with Crippen LogP contribution in [0.3, 0.4) is 0 Å². The van der Waals surface area contributed by atoms with Gasteiger partial charge in [0.15, 0.2) is 0 Å². The third kappa shape index (κ3) is 6.91. The summed E-state index contributed by atoms with van der Waals surface area (Å²) in [5.74, 6) is 0. The van der Waals surface area contributed by atoms with Gasteiger partial charge in [-0.15, -0.1) is 13.3 Å². The quantitative estimate of drug-likeness (QED) is 0.498. The van der Waals surface area contributed by atoms with Gasteiger partial charge in [0, 0.05) is 0 Å². The molecule has 0 nitrogen and oxygen atoms in total. The van der Waals surface area contributed by atoms with Crippen LogP contribution in [0.1, 0.15) is 56.7 Å². The zero-order valence-electron chi connectivity index (χ0n) is 15.7. The van der Waals surface area contributed by atoms with Crippen LogP contribution in [0.25, 0.3) is 0 Å². The minimum atomic E-state index is 1.03. The van der Waals surface area contributed by atoms with Crippen LogP contribution in [0.15, 0.2) is 65.8 Å². The van der Waals surface area contributed by atoms with E-state index in [0.29, 0.717) is 0 Å². The number of aryl methyl sites for hydroxylation is 2. The SMILES string of the molecule is CC1=[C-]CC=C1C.C[C](=[Zr+2])c1ccccc1.c1cc2c([cH-]1)CCCC2. The van der Waals surface area contributed by atoms with E-state index in [9.17, 15) is 0 Å². The van der Waals surface area contributed by atoms with E-state index in [1.807, 2.05) is 6.07 Å². The molecule has 0 unspecified atom stereocenters. The first-order valence-corrected chi connectivity index (χ1v) is 10.4. The molecule has 0 aromatic heterocycles. The van der Waals surface area contributed by atoms with Gasteiger partial charge < -0.3 is 0 Å². The van der Waals surface area contributed by atoms with Crippen LogP contribution in [-0.4, -0.2) is 3.21 Å². The third-order valence-electron chi connectivity index (χ3n) is 4.72. The van der Waals surface area contributed by atoms with Crippen LogP contribution >= 0.6 is 0 Å². The van der Waals surface area contributed by atoms with E-state index in [0.717, 1.165) is 6.42 Å². The summed E-state index contributed by atoms with van der Waals surface area (Å²) in [5, 5.41) is 0. The van der Waals surface area contributed by atoms with Crippen LogP contribution in [0.2, 0.25) is 0 Å². The number of hydrogen-bond acceptors (Lipinski definition) is 0. The molecule has 2 aromatic rings. The fourth-order valence-corrected chi connectivity index (χ4v) is 3.36. The molecule has 0 saturated carbocycles. The molecule has 25 heavy (non-hydrogen) atoms. The Morgan fingerprint density at radius 1 is 1.04 bits per heavy atom. The predicted molar refractivity (Wildman–Crippen MR) is 106 cm³/mol. The van der Waals surface area contributed by atoms with Crippen molar-refractivity contribution < 1.29 is 24.2 Å². The molecule has 2 aromatic carbocycles. The van der Waals surface area contributed by atoms with Gasteiger partial charge in [-0.1, -0.05) is 32.6 Å². The Kier molecular flexibility index (Phi) is 8.63. The van der Waals surface area contributed by atoms with Crippen LogP contribution in [0.5, 0.6) is 0 Å². The van der Waals surface area contributed by atoms with Crippen molar-refractivity contribution in [3.05, 3.63) is 88.5 Å². The fourth-order valence-electron chi connectivity index (χ4n) is 2.95. The summed E-state index contributed by atoms with van der Waals surface area (Å²) in [5.41, 5.74) is 7.28. The molecular formula is C24H28Zr. The first kappa shape index (κ1) is 20.1. The number of benzene rings is 1. The van der Waals surface area contributed by atoms with Crippen LogP contribution < -0.4 is 0 Å². The van der Waals surface area contributed by atoms with E-state index >= 15 is 0 Å². The van der Waals surface area contributed by atoms with E-state index in [4.69, 9.17) is 0 Å². The molecule has 0 saturated heterocycles. The zero-order valence-corrected chi connectivity index (χ0v) is 18.2. The number of hydrogen-bond donors (Lipinski definition) is 0. The topological polar surface area (TPSA) is 0 Å². The summed E-state index contributed by atoms with van der Waals surface area (Å²) in [7, 11) is 0. The van der Waals surface area contributed by atoms with Crippen molar-refractivity contribution >= 4 is 3.21 Å². The summed E-state index contributed by atoms with van der Waals surface area (Å²) in [4.78, 5) is 0. The second-order valence-electron chi connectivity index (χ2n) is 6.67. The molecule has 0 N–H and O–H groups in total. The average Bonchev–Trinajstić information content (AvgIpc) is 3.26. The second kappa shape index (κ2) is 10.7. The molecule has 0 fully saturated rings. The molecule has 0 heterocycles. The molecular weight excluding hydrogens is 379 g/mol. The monoisotopic (exact) mass is 406 g/mol. The van der Waals surface area contributed by atoms with Gasteiger partial charge in [0.1, 0.15) is 0 Å². The Bertz CT molecular complexity index is 692. The Balaban J connectivity index is 0.000000137. The maximum Gasteiger partial charge on any atom is -0.0512 e. The number of fused-ring (bicyclic) bond motifs is 1. The number of rotatable bonds is 1. The van der Waals surface area contributed by atoms with E-state index < -0.39 is 0 Å². The van der Waals surface area contributed by atoms with Crippen LogP contribution in [0.4, 0.5) is 0 Å². The molecule has 0 spiro atoms. The summed E-state index contributed by atoms with van der Waals surface area (Å²) in [6, 6.07) is 17.2. The number of allylic oxidation sites excluding steroid dienone is 4. The van der Waals surface area contributed by atoms with Gasteiger partial charge in [-0.3, -0.25) is 6.08 Å². The first-order chi connectivity index (χ1) is 12.1. The molecule has 1 heteroatoms. The molecule has 0 amide bonds. The van der Waals surface area contributed by atoms with Crippen molar-refractivity contribution in [2.45, 2.75) is 52.9 Å². The van der Waals surface area contributed by atoms with Gasteiger partial charge in [-0.25, -0.2) is 17.2 Å². The summed E-state index contributed by atoms with van der Waals surface area (Å²) < 4.78 is 1.46. The Hall–Kier alpha value is -1.20. The third-order valence-corrected chi connectivity index (χ3v) is 5.43. The van der Waals surface area contributed by atoms with Crippen molar-refractivity contribution in [3.8, 4) is 0 Å². The smallest absolute Gasteiger partial charge is 0.0512 e. The van der Waals surface area contributed by atoms with Gasteiger partial charge in [0.05, 0.1) is 0 Å². The second-order valence-corrected chi connectivity index (χ2v) is 8.51. The average molecular weight is 408 g/mol. The molecule has 2 aliphatic carbocycles. The van der Waals surface area contributed by atoms with Crippen molar-refractivity contribution in [3.63, 3.8) is 0 Å². The Labute approximate surface area is 168 Å². The summed E-state index contributed by atoms with van der Waals surface area (Å²) >= 11 is 1.51. The minimum Gasteiger partial charge on any atom is -0.210 e. The molecule has 0 radical (unpaired) electrons. The van der Waals surface area contributed by atoms with Crippen LogP contribution in [0, 0.1) is 6.08 Å². The Morgan fingerprint density at radius 3 is 2.24 bits per heavy atom. The van der Waals surface area contributed by atoms with Crippen molar-refractivity contribution in [1.82, 2.24) is 0 Å². The van der Waals surface area contributed by atoms with Gasteiger partial charge in [-0.2, -0.15) is 29.3 Å². The first-order valence-electron chi connectivity index (χ1n) is 9.16. The minimum absolute atomic E-state index is 1.03. The van der Waals surface area contributed by atoms with Crippen molar-refractivity contribution in [1.29, 1.82) is 0 Å². The molecule has 0 bridgehead atoms. The van der Waals surface area contributed by atoms with Gasteiger partial charge in [0.2, 0.25) is 0 Å². The van der Waals surface area contributed by atoms with Crippen LogP contribution in [-0.2, 0) is 37.1 Å². The molecule has 0 aliphatic heterocycles. The molecule has 2 aliphatic rings. The zero-order chi connectivity index (χ0) is 18.1. The van der Waals surface area contributed by atoms with E-state index in [2.05, 4.69) is 75.4 Å². The Morgan fingerprint density at radius 2 is 1.76 bits per heavy atom. The van der Waals surface area contributed by atoms with E-state index in [1.54, 1.807) is 11.1 Å². The van der Waals surface area contributed by atoms with Crippen molar-refractivity contribution in [2.24, 2.45) is 0 Å². The van der Waals surface area contributed by atoms with Gasteiger partial charge in [0.25, 0.3) is 0 Å². The van der Waals surface area contributed by atoms with Gasteiger partial charge >= 0.3 is 70.3 Å². The maximum atomic E-state index is 3.19. The van der Waals surface area contributed by atoms with Gasteiger partial charge in [-0.05, 0) is 0 Å². The predicted octanol–water partition coefficient (Wildman–Crippen LogP) is 6.14. The summed E-state index contributed by atoms with van der Waals surface area (Å²) in [6.07, 6.45) is 11.9. The van der Waals surface area contributed by atoms with Crippen molar-refractivity contribution in [2.75, 3.05) is 0 Å².